The van der Waals surface area contributed by atoms with Crippen molar-refractivity contribution in [3.8, 4) is 0 Å². The lowest BCUT2D eigenvalue weighted by Crippen LogP contribution is -2.54. The van der Waals surface area contributed by atoms with Crippen LogP contribution >= 0.6 is 0 Å². The molecule has 2 fully saturated rings. The van der Waals surface area contributed by atoms with Crippen molar-refractivity contribution < 1.29 is 5.11 Å². The summed E-state index contributed by atoms with van der Waals surface area (Å²) in [7, 11) is 2.01. The summed E-state index contributed by atoms with van der Waals surface area (Å²) in [6.45, 7) is 13.1. The summed E-state index contributed by atoms with van der Waals surface area (Å²) in [5.41, 5.74) is 0.295. The first-order valence-corrected chi connectivity index (χ1v) is 8.68. The van der Waals surface area contributed by atoms with Gasteiger partial charge in [-0.25, -0.2) is 0 Å². The van der Waals surface area contributed by atoms with Gasteiger partial charge in [-0.1, -0.05) is 6.42 Å². The number of rotatable bonds is 5. The molecule has 1 aliphatic heterocycles. The molecule has 0 radical (unpaired) electrons. The lowest BCUT2D eigenvalue weighted by molar-refractivity contribution is 0.0547. The van der Waals surface area contributed by atoms with Crippen LogP contribution in [0.1, 0.15) is 46.5 Å². The first kappa shape index (κ1) is 17.2. The zero-order chi connectivity index (χ0) is 15.5. The molecule has 2 unspecified atom stereocenters. The Bertz CT molecular complexity index is 314. The van der Waals surface area contributed by atoms with Gasteiger partial charge in [-0.15, -0.1) is 0 Å². The van der Waals surface area contributed by atoms with Gasteiger partial charge in [0.2, 0.25) is 0 Å². The fourth-order valence-corrected chi connectivity index (χ4v) is 4.16. The smallest absolute Gasteiger partial charge is 0.0615 e. The van der Waals surface area contributed by atoms with Crippen molar-refractivity contribution >= 4 is 0 Å². The summed E-state index contributed by atoms with van der Waals surface area (Å²) in [6, 6.07) is 0. The number of nitrogens with one attached hydrogen (secondary N) is 1. The third kappa shape index (κ3) is 3.98. The molecule has 1 aliphatic carbocycles. The predicted molar refractivity (Wildman–Crippen MR) is 88.6 cm³/mol. The molecule has 124 valence electrons. The summed E-state index contributed by atoms with van der Waals surface area (Å²) >= 11 is 0. The van der Waals surface area contributed by atoms with E-state index in [9.17, 15) is 5.11 Å². The Kier molecular flexibility index (Phi) is 5.69. The van der Waals surface area contributed by atoms with Gasteiger partial charge in [-0.3, -0.25) is 4.90 Å². The Balaban J connectivity index is 1.77. The topological polar surface area (TPSA) is 38.7 Å². The third-order valence-corrected chi connectivity index (χ3v) is 5.85. The molecule has 0 aromatic heterocycles. The van der Waals surface area contributed by atoms with Crippen LogP contribution in [0.15, 0.2) is 0 Å². The summed E-state index contributed by atoms with van der Waals surface area (Å²) in [5.74, 6) is 0.633. The second kappa shape index (κ2) is 6.95. The van der Waals surface area contributed by atoms with Crippen LogP contribution in [0.5, 0.6) is 0 Å². The highest BCUT2D eigenvalue weighted by molar-refractivity contribution is 4.98. The van der Waals surface area contributed by atoms with Crippen LogP contribution in [0.25, 0.3) is 0 Å². The first-order chi connectivity index (χ1) is 9.91. The second-order valence-corrected chi connectivity index (χ2v) is 7.94. The van der Waals surface area contributed by atoms with Crippen LogP contribution in [-0.2, 0) is 0 Å². The van der Waals surface area contributed by atoms with Crippen LogP contribution in [0.4, 0.5) is 0 Å². The van der Waals surface area contributed by atoms with Crippen LogP contribution in [0, 0.1) is 5.92 Å². The van der Waals surface area contributed by atoms with E-state index in [0.29, 0.717) is 11.5 Å². The van der Waals surface area contributed by atoms with Crippen molar-refractivity contribution in [2.24, 2.45) is 5.92 Å². The fourth-order valence-electron chi connectivity index (χ4n) is 4.16. The van der Waals surface area contributed by atoms with E-state index in [1.165, 1.54) is 52.0 Å². The average molecular weight is 297 g/mol. The second-order valence-electron chi connectivity index (χ2n) is 7.94. The number of aliphatic hydroxyl groups is 1. The largest absolute Gasteiger partial charge is 0.394 e. The Morgan fingerprint density at radius 3 is 2.38 bits per heavy atom. The number of hydrogen-bond acceptors (Lipinski definition) is 4. The normalized spacial score (nSPS) is 32.7. The van der Waals surface area contributed by atoms with E-state index in [-0.39, 0.29) is 12.1 Å². The van der Waals surface area contributed by atoms with Gasteiger partial charge in [0.25, 0.3) is 0 Å². The van der Waals surface area contributed by atoms with E-state index in [1.54, 1.807) is 0 Å². The molecular formula is C17H35N3O. The first-order valence-electron chi connectivity index (χ1n) is 8.68. The molecule has 0 aromatic carbocycles. The molecule has 0 bridgehead atoms. The average Bonchev–Trinajstić information content (AvgIpc) is 2.88. The standard InChI is InChI=1S/C17H35N3O/c1-16(2,3)20-12-10-19(11-13-20)9-7-15-6-5-8-17(15,14-21)18-4/h15,18,21H,5-14H2,1-4H3. The van der Waals surface area contributed by atoms with Gasteiger partial charge in [0.1, 0.15) is 0 Å². The molecule has 0 aromatic rings. The van der Waals surface area contributed by atoms with Crippen LogP contribution in [-0.4, -0.2) is 72.4 Å². The van der Waals surface area contributed by atoms with Gasteiger partial charge in [0, 0.05) is 37.3 Å². The quantitative estimate of drug-likeness (QED) is 0.807. The van der Waals surface area contributed by atoms with E-state index >= 15 is 0 Å². The number of aliphatic hydroxyl groups excluding tert-OH is 1. The molecule has 4 nitrogen and oxygen atoms in total. The third-order valence-electron chi connectivity index (χ3n) is 5.85. The van der Waals surface area contributed by atoms with Gasteiger partial charge in [-0.05, 0) is 59.5 Å². The number of hydrogen-bond donors (Lipinski definition) is 2. The number of piperazine rings is 1. The van der Waals surface area contributed by atoms with E-state index in [4.69, 9.17) is 0 Å². The van der Waals surface area contributed by atoms with Crippen LogP contribution < -0.4 is 5.32 Å². The zero-order valence-electron chi connectivity index (χ0n) is 14.5. The SMILES string of the molecule is CNC1(CO)CCCC1CCN1CCN(C(C)(C)C)CC1. The van der Waals surface area contributed by atoms with Crippen LogP contribution in [0.3, 0.4) is 0 Å². The molecule has 2 N–H and O–H groups in total. The number of likely N-dealkylation sites (N-methyl/N-ethyl adjacent to an activating group) is 1. The molecule has 1 saturated heterocycles. The summed E-state index contributed by atoms with van der Waals surface area (Å²) in [4.78, 5) is 5.20. The van der Waals surface area contributed by atoms with Crippen molar-refractivity contribution in [2.75, 3.05) is 46.4 Å². The van der Waals surface area contributed by atoms with Gasteiger partial charge >= 0.3 is 0 Å². The highest BCUT2D eigenvalue weighted by atomic mass is 16.3. The van der Waals surface area contributed by atoms with Gasteiger partial charge in [-0.2, -0.15) is 0 Å². The molecule has 2 rings (SSSR count). The van der Waals surface area contributed by atoms with Crippen molar-refractivity contribution in [3.05, 3.63) is 0 Å². The highest BCUT2D eigenvalue weighted by Crippen LogP contribution is 2.37. The Labute approximate surface area is 130 Å². The van der Waals surface area contributed by atoms with E-state index < -0.39 is 0 Å². The monoisotopic (exact) mass is 297 g/mol. The summed E-state index contributed by atoms with van der Waals surface area (Å²) in [6.07, 6.45) is 4.87. The molecule has 0 spiro atoms. The van der Waals surface area contributed by atoms with Gasteiger partial charge < -0.3 is 15.3 Å². The molecule has 0 amide bonds. The van der Waals surface area contributed by atoms with E-state index in [2.05, 4.69) is 35.9 Å². The molecule has 21 heavy (non-hydrogen) atoms. The maximum atomic E-state index is 9.77. The minimum atomic E-state index is -0.00671. The van der Waals surface area contributed by atoms with Crippen molar-refractivity contribution in [1.82, 2.24) is 15.1 Å². The van der Waals surface area contributed by atoms with Crippen LogP contribution in [0.2, 0.25) is 0 Å². The molecule has 1 heterocycles. The van der Waals surface area contributed by atoms with Crippen molar-refractivity contribution in [3.63, 3.8) is 0 Å². The van der Waals surface area contributed by atoms with Crippen molar-refractivity contribution in [1.29, 1.82) is 0 Å². The summed E-state index contributed by atoms with van der Waals surface area (Å²) < 4.78 is 0. The Morgan fingerprint density at radius 2 is 1.86 bits per heavy atom. The summed E-state index contributed by atoms with van der Waals surface area (Å²) in [5, 5.41) is 13.2. The lowest BCUT2D eigenvalue weighted by Gasteiger charge is -2.43. The molecule has 2 atom stereocenters. The predicted octanol–water partition coefficient (Wildman–Crippen LogP) is 1.54. The molecule has 4 heteroatoms. The van der Waals surface area contributed by atoms with E-state index in [1.807, 2.05) is 7.05 Å². The fraction of sp³-hybridized carbons (Fsp3) is 1.00. The van der Waals surface area contributed by atoms with Gasteiger partial charge in [0.05, 0.1) is 6.61 Å². The highest BCUT2D eigenvalue weighted by Gasteiger charge is 2.40. The van der Waals surface area contributed by atoms with E-state index in [0.717, 1.165) is 6.42 Å². The lowest BCUT2D eigenvalue weighted by atomic mass is 9.85. The van der Waals surface area contributed by atoms with Crippen molar-refractivity contribution in [2.45, 2.75) is 57.5 Å². The Hall–Kier alpha value is -0.160. The minimum Gasteiger partial charge on any atom is -0.394 e. The zero-order valence-corrected chi connectivity index (χ0v) is 14.5. The maximum Gasteiger partial charge on any atom is 0.0615 e. The molecular weight excluding hydrogens is 262 g/mol. The van der Waals surface area contributed by atoms with Gasteiger partial charge in [0.15, 0.2) is 0 Å². The Morgan fingerprint density at radius 1 is 1.19 bits per heavy atom. The molecule has 1 saturated carbocycles. The minimum absolute atomic E-state index is 0.00671. The molecule has 2 aliphatic rings. The maximum absolute atomic E-state index is 9.77. The number of nitrogens with zero attached hydrogens (tertiary/aromatic N) is 2.